The molecule has 0 unspecified atom stereocenters. The number of para-hydroxylation sites is 2. The van der Waals surface area contributed by atoms with Crippen LogP contribution in [0.5, 0.6) is 0 Å². The van der Waals surface area contributed by atoms with Gasteiger partial charge in [0.05, 0.1) is 11.0 Å². The Labute approximate surface area is 305 Å². The Balaban J connectivity index is 1.05. The molecule has 0 N–H and O–H groups in total. The maximum Gasteiger partial charge on any atom is 0.0541 e. The van der Waals surface area contributed by atoms with Gasteiger partial charge in [0.2, 0.25) is 0 Å². The molecular weight excluding hydrogens is 629 g/mol. The summed E-state index contributed by atoms with van der Waals surface area (Å²) in [6.07, 6.45) is 0. The summed E-state index contributed by atoms with van der Waals surface area (Å²) in [7, 11) is 0. The molecular formula is C50H38N2. The van der Waals surface area contributed by atoms with Crippen molar-refractivity contribution in [2.24, 2.45) is 0 Å². The van der Waals surface area contributed by atoms with Gasteiger partial charge >= 0.3 is 0 Å². The van der Waals surface area contributed by atoms with Crippen LogP contribution in [0.1, 0.15) is 11.1 Å². The van der Waals surface area contributed by atoms with E-state index >= 15 is 0 Å². The molecule has 248 valence electrons. The smallest absolute Gasteiger partial charge is 0.0541 e. The number of benzene rings is 8. The quantitative estimate of drug-likeness (QED) is 0.164. The molecule has 0 spiro atoms. The van der Waals surface area contributed by atoms with Crippen molar-refractivity contribution in [1.29, 1.82) is 0 Å². The van der Waals surface area contributed by atoms with Gasteiger partial charge in [-0.1, -0.05) is 133 Å². The van der Waals surface area contributed by atoms with Gasteiger partial charge in [-0.15, -0.1) is 0 Å². The van der Waals surface area contributed by atoms with E-state index in [0.29, 0.717) is 0 Å². The summed E-state index contributed by atoms with van der Waals surface area (Å²) in [5.41, 5.74) is 16.8. The van der Waals surface area contributed by atoms with Crippen LogP contribution in [0, 0.1) is 13.8 Å². The second-order valence-corrected chi connectivity index (χ2v) is 13.6. The third-order valence-electron chi connectivity index (χ3n) is 10.4. The average molecular weight is 667 g/mol. The van der Waals surface area contributed by atoms with Gasteiger partial charge in [0.15, 0.2) is 0 Å². The van der Waals surface area contributed by atoms with Crippen LogP contribution >= 0.6 is 0 Å². The first-order chi connectivity index (χ1) is 25.6. The highest BCUT2D eigenvalue weighted by Crippen LogP contribution is 2.38. The number of aromatic nitrogens is 1. The van der Waals surface area contributed by atoms with Crippen LogP contribution in [-0.4, -0.2) is 4.57 Å². The number of aryl methyl sites for hydroxylation is 2. The van der Waals surface area contributed by atoms with E-state index in [2.05, 4.69) is 217 Å². The maximum absolute atomic E-state index is 2.36. The fraction of sp³-hybridized carbons (Fsp3) is 0.0400. The normalized spacial score (nSPS) is 11.3. The molecule has 1 heterocycles. The van der Waals surface area contributed by atoms with Crippen LogP contribution in [0.4, 0.5) is 17.1 Å². The molecule has 0 amide bonds. The minimum Gasteiger partial charge on any atom is -0.311 e. The zero-order chi connectivity index (χ0) is 35.0. The third-order valence-corrected chi connectivity index (χ3v) is 10.4. The lowest BCUT2D eigenvalue weighted by molar-refractivity contribution is 1.18. The Morgan fingerprint density at radius 1 is 0.327 bits per heavy atom. The Kier molecular flexibility index (Phi) is 7.98. The average Bonchev–Trinajstić information content (AvgIpc) is 3.55. The van der Waals surface area contributed by atoms with E-state index in [1.165, 1.54) is 66.3 Å². The minimum absolute atomic E-state index is 1.11. The number of hydrogen-bond acceptors (Lipinski definition) is 1. The zero-order valence-corrected chi connectivity index (χ0v) is 29.4. The molecule has 9 aromatic rings. The second kappa shape index (κ2) is 13.2. The van der Waals surface area contributed by atoms with E-state index in [9.17, 15) is 0 Å². The van der Waals surface area contributed by atoms with Crippen LogP contribution in [-0.2, 0) is 0 Å². The molecule has 0 saturated heterocycles. The Morgan fingerprint density at radius 3 is 1.19 bits per heavy atom. The summed E-state index contributed by atoms with van der Waals surface area (Å²) >= 11 is 0. The van der Waals surface area contributed by atoms with Crippen molar-refractivity contribution < 1.29 is 0 Å². The highest BCUT2D eigenvalue weighted by molar-refractivity contribution is 6.09. The Bertz CT molecular complexity index is 2600. The number of rotatable bonds is 7. The third kappa shape index (κ3) is 5.75. The van der Waals surface area contributed by atoms with E-state index in [1.54, 1.807) is 0 Å². The first-order valence-electron chi connectivity index (χ1n) is 17.9. The van der Waals surface area contributed by atoms with Crippen molar-refractivity contribution >= 4 is 38.9 Å². The zero-order valence-electron chi connectivity index (χ0n) is 29.4. The summed E-state index contributed by atoms with van der Waals surface area (Å²) in [4.78, 5) is 2.34. The lowest BCUT2D eigenvalue weighted by atomic mass is 10.00. The SMILES string of the molecule is Cc1ccc(-c2ccc(N(c3ccc(-c4ccccc4)cc3)c3ccc(-c4ccc(-n5c6ccccc6c6ccccc65)cc4)cc3)cc2)cc1C. The number of anilines is 3. The summed E-state index contributed by atoms with van der Waals surface area (Å²) in [5, 5.41) is 2.55. The van der Waals surface area contributed by atoms with Gasteiger partial charge in [0.1, 0.15) is 0 Å². The molecule has 0 radical (unpaired) electrons. The summed E-state index contributed by atoms with van der Waals surface area (Å²) < 4.78 is 2.36. The molecule has 9 rings (SSSR count). The van der Waals surface area contributed by atoms with Gasteiger partial charge < -0.3 is 9.47 Å². The first-order valence-corrected chi connectivity index (χ1v) is 17.9. The van der Waals surface area contributed by atoms with Crippen LogP contribution < -0.4 is 4.90 Å². The van der Waals surface area contributed by atoms with Gasteiger partial charge in [0, 0.05) is 33.5 Å². The predicted octanol–water partition coefficient (Wildman–Crippen LogP) is 13.9. The van der Waals surface area contributed by atoms with Gasteiger partial charge in [-0.05, 0) is 119 Å². The summed E-state index contributed by atoms with van der Waals surface area (Å²) in [6, 6.07) is 70.3. The monoisotopic (exact) mass is 666 g/mol. The van der Waals surface area contributed by atoms with Crippen LogP contribution in [0.3, 0.4) is 0 Å². The fourth-order valence-corrected chi connectivity index (χ4v) is 7.41. The van der Waals surface area contributed by atoms with Gasteiger partial charge in [0.25, 0.3) is 0 Å². The highest BCUT2D eigenvalue weighted by Gasteiger charge is 2.15. The molecule has 0 saturated carbocycles. The van der Waals surface area contributed by atoms with Gasteiger partial charge in [-0.3, -0.25) is 0 Å². The molecule has 52 heavy (non-hydrogen) atoms. The molecule has 2 nitrogen and oxygen atoms in total. The Hall–Kier alpha value is -6.64. The van der Waals surface area contributed by atoms with Crippen molar-refractivity contribution in [3.05, 3.63) is 205 Å². The van der Waals surface area contributed by atoms with Crippen LogP contribution in [0.15, 0.2) is 194 Å². The molecule has 1 aromatic heterocycles. The molecule has 8 aromatic carbocycles. The molecule has 0 atom stereocenters. The summed E-state index contributed by atoms with van der Waals surface area (Å²) in [6.45, 7) is 4.34. The van der Waals surface area contributed by atoms with Gasteiger partial charge in [-0.25, -0.2) is 0 Å². The van der Waals surface area contributed by atoms with E-state index in [-0.39, 0.29) is 0 Å². The maximum atomic E-state index is 2.36. The lowest BCUT2D eigenvalue weighted by Gasteiger charge is -2.26. The van der Waals surface area contributed by atoms with E-state index < -0.39 is 0 Å². The number of nitrogens with zero attached hydrogens (tertiary/aromatic N) is 2. The van der Waals surface area contributed by atoms with Crippen molar-refractivity contribution in [1.82, 2.24) is 4.57 Å². The van der Waals surface area contributed by atoms with Gasteiger partial charge in [-0.2, -0.15) is 0 Å². The molecule has 0 aliphatic carbocycles. The van der Waals surface area contributed by atoms with Crippen molar-refractivity contribution in [2.75, 3.05) is 4.90 Å². The predicted molar refractivity (Wildman–Crippen MR) is 221 cm³/mol. The van der Waals surface area contributed by atoms with Crippen LogP contribution in [0.25, 0.3) is 60.9 Å². The second-order valence-electron chi connectivity index (χ2n) is 13.6. The number of fused-ring (bicyclic) bond motifs is 3. The van der Waals surface area contributed by atoms with E-state index in [4.69, 9.17) is 0 Å². The van der Waals surface area contributed by atoms with Crippen molar-refractivity contribution in [3.8, 4) is 39.1 Å². The molecule has 0 fully saturated rings. The topological polar surface area (TPSA) is 8.17 Å². The standard InChI is InChI=1S/C50H38N2/c1-35-16-17-42(34-36(35)2)41-24-30-45(31-25-41)51(43-26-18-38(19-27-43)37-10-4-3-5-11-37)44-28-20-39(21-29-44)40-22-32-46(33-23-40)52-49-14-8-6-12-47(49)48-13-7-9-15-50(48)52/h3-34H,1-2H3. The first kappa shape index (κ1) is 31.3. The largest absolute Gasteiger partial charge is 0.311 e. The van der Waals surface area contributed by atoms with Crippen LogP contribution in [0.2, 0.25) is 0 Å². The molecule has 0 aliphatic heterocycles. The minimum atomic E-state index is 1.11. The van der Waals surface area contributed by atoms with E-state index in [0.717, 1.165) is 22.7 Å². The molecule has 2 heteroatoms. The number of hydrogen-bond donors (Lipinski definition) is 0. The van der Waals surface area contributed by atoms with Crippen molar-refractivity contribution in [3.63, 3.8) is 0 Å². The molecule has 0 aliphatic rings. The van der Waals surface area contributed by atoms with E-state index in [1.807, 2.05) is 0 Å². The van der Waals surface area contributed by atoms with Crippen molar-refractivity contribution in [2.45, 2.75) is 13.8 Å². The Morgan fingerprint density at radius 2 is 0.712 bits per heavy atom. The highest BCUT2D eigenvalue weighted by atomic mass is 15.1. The fourth-order valence-electron chi connectivity index (χ4n) is 7.41. The molecule has 0 bridgehead atoms. The lowest BCUT2D eigenvalue weighted by Crippen LogP contribution is -2.09. The summed E-state index contributed by atoms with van der Waals surface area (Å²) in [5.74, 6) is 0.